The van der Waals surface area contributed by atoms with Crippen molar-refractivity contribution in [1.82, 2.24) is 19.9 Å². The van der Waals surface area contributed by atoms with Crippen LogP contribution in [0.4, 0.5) is 5.82 Å². The molecule has 2 amide bonds. The molecule has 1 aliphatic heterocycles. The molecule has 1 atom stereocenters. The number of piperidine rings is 1. The summed E-state index contributed by atoms with van der Waals surface area (Å²) in [4.78, 5) is 33.2. The normalized spacial score (nSPS) is 14.6. The zero-order chi connectivity index (χ0) is 26.7. The standard InChI is InChI=1S/C27H29N5O4S2.ClH/c28-26-22-15-20(37-24(22)10-11-29-26)16-23(27(34)32-12-4-1-5-13-32)31-25(33)17-30-38(35,36)21-9-8-18-6-2-3-7-19(18)14-21;/h2-3,6-11,14-15,23,30H,1,4-5,12-13,16-17H2,(H2,28,29)(H,31,33);1H. The number of aromatic nitrogens is 1. The smallest absolute Gasteiger partial charge is 0.245 e. The Kier molecular flexibility index (Phi) is 9.06. The zero-order valence-corrected chi connectivity index (χ0v) is 23.6. The number of sulfonamides is 1. The molecule has 39 heavy (non-hydrogen) atoms. The van der Waals surface area contributed by atoms with Crippen molar-refractivity contribution in [2.24, 2.45) is 0 Å². The first-order valence-electron chi connectivity index (χ1n) is 12.5. The van der Waals surface area contributed by atoms with Crippen LogP contribution in [0.2, 0.25) is 0 Å². The monoisotopic (exact) mass is 587 g/mol. The van der Waals surface area contributed by atoms with E-state index in [1.54, 1.807) is 23.2 Å². The van der Waals surface area contributed by atoms with Crippen molar-refractivity contribution in [3.8, 4) is 0 Å². The van der Waals surface area contributed by atoms with E-state index in [0.29, 0.717) is 18.9 Å². The van der Waals surface area contributed by atoms with Crippen LogP contribution in [0.5, 0.6) is 0 Å². The van der Waals surface area contributed by atoms with Crippen LogP contribution in [-0.4, -0.2) is 55.8 Å². The van der Waals surface area contributed by atoms with Gasteiger partial charge in [-0.05, 0) is 54.3 Å². The largest absolute Gasteiger partial charge is 0.383 e. The molecule has 3 heterocycles. The number of likely N-dealkylation sites (tertiary alicyclic amines) is 1. The van der Waals surface area contributed by atoms with Gasteiger partial charge in [-0.3, -0.25) is 9.59 Å². The summed E-state index contributed by atoms with van der Waals surface area (Å²) in [6, 6.07) is 15.2. The first-order valence-corrected chi connectivity index (χ1v) is 14.8. The second kappa shape index (κ2) is 12.3. The molecule has 0 radical (unpaired) electrons. The lowest BCUT2D eigenvalue weighted by atomic mass is 10.1. The number of thiophene rings is 1. The lowest BCUT2D eigenvalue weighted by Crippen LogP contribution is -2.52. The highest BCUT2D eigenvalue weighted by Gasteiger charge is 2.28. The third-order valence-electron chi connectivity index (χ3n) is 6.69. The van der Waals surface area contributed by atoms with Crippen LogP contribution in [0, 0.1) is 0 Å². The Balaban J connectivity index is 0.00000353. The van der Waals surface area contributed by atoms with Crippen molar-refractivity contribution in [3.63, 3.8) is 0 Å². The molecule has 1 fully saturated rings. The lowest BCUT2D eigenvalue weighted by Gasteiger charge is -2.30. The number of carbonyl (C=O) groups is 2. The van der Waals surface area contributed by atoms with E-state index < -0.39 is 28.5 Å². The van der Waals surface area contributed by atoms with Gasteiger partial charge in [-0.25, -0.2) is 18.1 Å². The van der Waals surface area contributed by atoms with Crippen LogP contribution in [-0.2, 0) is 26.0 Å². The first kappa shape index (κ1) is 28.8. The van der Waals surface area contributed by atoms with Gasteiger partial charge in [-0.1, -0.05) is 30.3 Å². The van der Waals surface area contributed by atoms with E-state index in [2.05, 4.69) is 15.0 Å². The molecule has 0 saturated carbocycles. The molecule has 1 aliphatic rings. The molecule has 4 aromatic rings. The molecule has 9 nitrogen and oxygen atoms in total. The second-order valence-electron chi connectivity index (χ2n) is 9.36. The molecular formula is C27H30ClN5O4S2. The molecule has 0 bridgehead atoms. The Labute approximate surface area is 237 Å². The minimum atomic E-state index is -3.93. The van der Waals surface area contributed by atoms with E-state index in [0.717, 1.165) is 45.0 Å². The Hall–Kier alpha value is -3.25. The summed E-state index contributed by atoms with van der Waals surface area (Å²) in [7, 11) is -3.93. The first-order chi connectivity index (χ1) is 18.3. The number of nitrogens with one attached hydrogen (secondary N) is 2. The van der Waals surface area contributed by atoms with Crippen LogP contribution in [0.15, 0.2) is 65.7 Å². The number of amides is 2. The van der Waals surface area contributed by atoms with Gasteiger partial charge in [0.1, 0.15) is 11.9 Å². The SMILES string of the molecule is Cl.Nc1nccc2sc(CC(NC(=O)CNS(=O)(=O)c3ccc4ccccc4c3)C(=O)N3CCCCC3)cc12. The third-order valence-corrected chi connectivity index (χ3v) is 9.21. The molecule has 2 aromatic carbocycles. The van der Waals surface area contributed by atoms with E-state index >= 15 is 0 Å². The minimum Gasteiger partial charge on any atom is -0.383 e. The molecule has 5 rings (SSSR count). The highest BCUT2D eigenvalue weighted by atomic mass is 35.5. The molecule has 206 valence electrons. The van der Waals surface area contributed by atoms with Gasteiger partial charge >= 0.3 is 0 Å². The Morgan fingerprint density at radius 3 is 2.51 bits per heavy atom. The average molecular weight is 588 g/mol. The molecule has 1 saturated heterocycles. The summed E-state index contributed by atoms with van der Waals surface area (Å²) in [5, 5.41) is 5.29. The molecule has 2 aromatic heterocycles. The predicted octanol–water partition coefficient (Wildman–Crippen LogP) is 3.47. The summed E-state index contributed by atoms with van der Waals surface area (Å²) in [6.07, 6.45) is 4.82. The number of nitrogens with two attached hydrogens (primary N) is 1. The van der Waals surface area contributed by atoms with Gasteiger partial charge in [-0.2, -0.15) is 0 Å². The fourth-order valence-electron chi connectivity index (χ4n) is 4.70. The molecule has 0 aliphatic carbocycles. The number of nitrogen functional groups attached to an aromatic ring is 1. The van der Waals surface area contributed by atoms with E-state index in [1.807, 2.05) is 36.4 Å². The van der Waals surface area contributed by atoms with Gasteiger partial charge < -0.3 is 16.0 Å². The molecule has 1 unspecified atom stereocenters. The van der Waals surface area contributed by atoms with E-state index in [9.17, 15) is 18.0 Å². The number of carbonyl (C=O) groups excluding carboxylic acids is 2. The highest BCUT2D eigenvalue weighted by Crippen LogP contribution is 2.29. The number of pyridine rings is 1. The predicted molar refractivity (Wildman–Crippen MR) is 156 cm³/mol. The van der Waals surface area contributed by atoms with Crippen LogP contribution >= 0.6 is 23.7 Å². The number of hydrogen-bond acceptors (Lipinski definition) is 7. The summed E-state index contributed by atoms with van der Waals surface area (Å²) < 4.78 is 29.1. The number of anilines is 1. The van der Waals surface area contributed by atoms with Crippen molar-refractivity contribution in [2.75, 3.05) is 25.4 Å². The minimum absolute atomic E-state index is 0. The van der Waals surface area contributed by atoms with Gasteiger partial charge in [0.2, 0.25) is 21.8 Å². The summed E-state index contributed by atoms with van der Waals surface area (Å²) >= 11 is 1.49. The Morgan fingerprint density at radius 1 is 1.03 bits per heavy atom. The van der Waals surface area contributed by atoms with E-state index in [-0.39, 0.29) is 29.6 Å². The number of nitrogens with zero attached hydrogens (tertiary/aromatic N) is 2. The van der Waals surface area contributed by atoms with Gasteiger partial charge in [-0.15, -0.1) is 23.7 Å². The van der Waals surface area contributed by atoms with E-state index in [4.69, 9.17) is 5.73 Å². The van der Waals surface area contributed by atoms with Gasteiger partial charge in [0.05, 0.1) is 11.4 Å². The van der Waals surface area contributed by atoms with Crippen molar-refractivity contribution in [1.29, 1.82) is 0 Å². The fraction of sp³-hybridized carbons (Fsp3) is 0.296. The van der Waals surface area contributed by atoms with Gasteiger partial charge in [0.25, 0.3) is 0 Å². The second-order valence-corrected chi connectivity index (χ2v) is 12.3. The molecule has 0 spiro atoms. The van der Waals surface area contributed by atoms with Crippen molar-refractivity contribution < 1.29 is 18.0 Å². The maximum atomic E-state index is 13.4. The third kappa shape index (κ3) is 6.67. The van der Waals surface area contributed by atoms with Gasteiger partial charge in [0, 0.05) is 40.7 Å². The van der Waals surface area contributed by atoms with Crippen LogP contribution < -0.4 is 15.8 Å². The summed E-state index contributed by atoms with van der Waals surface area (Å²) in [6.45, 7) is 0.800. The quantitative estimate of drug-likeness (QED) is 0.289. The van der Waals surface area contributed by atoms with Crippen LogP contribution in [0.3, 0.4) is 0 Å². The maximum absolute atomic E-state index is 13.4. The number of benzene rings is 2. The zero-order valence-electron chi connectivity index (χ0n) is 21.1. The Morgan fingerprint density at radius 2 is 1.77 bits per heavy atom. The number of fused-ring (bicyclic) bond motifs is 2. The fourth-order valence-corrected chi connectivity index (χ4v) is 6.83. The molecular weight excluding hydrogens is 558 g/mol. The topological polar surface area (TPSA) is 134 Å². The van der Waals surface area contributed by atoms with Gasteiger partial charge in [0.15, 0.2) is 0 Å². The lowest BCUT2D eigenvalue weighted by molar-refractivity contribution is -0.137. The number of halogens is 1. The van der Waals surface area contributed by atoms with Crippen molar-refractivity contribution in [2.45, 2.75) is 36.6 Å². The highest BCUT2D eigenvalue weighted by molar-refractivity contribution is 7.89. The van der Waals surface area contributed by atoms with E-state index in [1.165, 1.54) is 17.4 Å². The average Bonchev–Trinajstić information content (AvgIpc) is 3.35. The number of hydrogen-bond donors (Lipinski definition) is 3. The number of rotatable bonds is 8. The Bertz CT molecular complexity index is 1600. The van der Waals surface area contributed by atoms with Crippen molar-refractivity contribution in [3.05, 3.63) is 65.7 Å². The maximum Gasteiger partial charge on any atom is 0.245 e. The molecule has 12 heteroatoms. The summed E-state index contributed by atoms with van der Waals surface area (Å²) in [5.74, 6) is -0.331. The van der Waals surface area contributed by atoms with Crippen LogP contribution in [0.1, 0.15) is 24.1 Å². The van der Waals surface area contributed by atoms with Crippen LogP contribution in [0.25, 0.3) is 20.9 Å². The molecule has 4 N–H and O–H groups in total. The van der Waals surface area contributed by atoms with Crippen molar-refractivity contribution >= 4 is 72.3 Å². The summed E-state index contributed by atoms with van der Waals surface area (Å²) in [5.41, 5.74) is 6.00.